The summed E-state index contributed by atoms with van der Waals surface area (Å²) in [6, 6.07) is 14.8. The van der Waals surface area contributed by atoms with Crippen LogP contribution in [-0.2, 0) is 20.9 Å². The Morgan fingerprint density at radius 3 is 2.53 bits per heavy atom. The van der Waals surface area contributed by atoms with Crippen molar-refractivity contribution in [2.75, 3.05) is 27.4 Å². The molecule has 0 saturated carbocycles. The van der Waals surface area contributed by atoms with E-state index in [1.807, 2.05) is 37.3 Å². The van der Waals surface area contributed by atoms with Crippen LogP contribution in [0.3, 0.4) is 0 Å². The molecule has 0 aromatic heterocycles. The number of carbonyl (C=O) groups is 2. The molecular weight excluding hydrogens is 384 g/mol. The van der Waals surface area contributed by atoms with E-state index >= 15 is 0 Å². The van der Waals surface area contributed by atoms with Gasteiger partial charge in [-0.2, -0.15) is 5.26 Å². The fourth-order valence-corrected chi connectivity index (χ4v) is 2.53. The second-order valence-corrected chi connectivity index (χ2v) is 6.53. The molecule has 0 aliphatic rings. The zero-order chi connectivity index (χ0) is 21.9. The van der Waals surface area contributed by atoms with Crippen LogP contribution in [0.25, 0.3) is 6.08 Å². The minimum Gasteiger partial charge on any atom is -0.493 e. The van der Waals surface area contributed by atoms with Crippen molar-refractivity contribution in [2.24, 2.45) is 0 Å². The number of carbonyl (C=O) groups excluding carboxylic acids is 2. The van der Waals surface area contributed by atoms with Gasteiger partial charge in [0.05, 0.1) is 7.11 Å². The first-order chi connectivity index (χ1) is 14.4. The number of methoxy groups -OCH3 is 1. The van der Waals surface area contributed by atoms with Gasteiger partial charge in [0, 0.05) is 19.7 Å². The van der Waals surface area contributed by atoms with Crippen molar-refractivity contribution in [1.82, 2.24) is 4.90 Å². The first-order valence-electron chi connectivity index (χ1n) is 9.25. The van der Waals surface area contributed by atoms with Crippen molar-refractivity contribution >= 4 is 18.0 Å². The minimum atomic E-state index is -0.629. The molecule has 1 amide bonds. The average Bonchev–Trinajstić information content (AvgIpc) is 2.76. The van der Waals surface area contributed by atoms with E-state index in [9.17, 15) is 9.59 Å². The Morgan fingerprint density at radius 1 is 1.13 bits per heavy atom. The van der Waals surface area contributed by atoms with E-state index in [1.165, 1.54) is 18.1 Å². The molecule has 0 N–H and O–H groups in total. The molecule has 2 rings (SSSR count). The molecule has 0 atom stereocenters. The molecule has 30 heavy (non-hydrogen) atoms. The van der Waals surface area contributed by atoms with Crippen molar-refractivity contribution in [2.45, 2.75) is 13.5 Å². The summed E-state index contributed by atoms with van der Waals surface area (Å²) in [4.78, 5) is 25.6. The molecule has 0 aliphatic carbocycles. The highest BCUT2D eigenvalue weighted by Crippen LogP contribution is 2.28. The molecular formula is C23H24N2O5. The topological polar surface area (TPSA) is 88.9 Å². The van der Waals surface area contributed by atoms with E-state index in [0.29, 0.717) is 23.6 Å². The maximum Gasteiger partial charge on any atom is 0.331 e. The summed E-state index contributed by atoms with van der Waals surface area (Å²) < 4.78 is 15.5. The number of amides is 1. The monoisotopic (exact) mass is 408 g/mol. The molecule has 0 saturated heterocycles. The van der Waals surface area contributed by atoms with Crippen molar-refractivity contribution in [3.63, 3.8) is 0 Å². The predicted molar refractivity (Wildman–Crippen MR) is 112 cm³/mol. The van der Waals surface area contributed by atoms with Gasteiger partial charge in [-0.3, -0.25) is 4.79 Å². The summed E-state index contributed by atoms with van der Waals surface area (Å²) >= 11 is 0. The smallest absolute Gasteiger partial charge is 0.331 e. The molecule has 2 aromatic rings. The maximum absolute atomic E-state index is 12.2. The number of nitrogens with zero attached hydrogens (tertiary/aromatic N) is 2. The van der Waals surface area contributed by atoms with Gasteiger partial charge in [-0.1, -0.05) is 35.9 Å². The Morgan fingerprint density at radius 2 is 1.87 bits per heavy atom. The maximum atomic E-state index is 12.2. The highest BCUT2D eigenvalue weighted by molar-refractivity contribution is 5.89. The highest BCUT2D eigenvalue weighted by Gasteiger charge is 2.11. The number of aryl methyl sites for hydroxylation is 1. The third kappa shape index (κ3) is 6.99. The van der Waals surface area contributed by atoms with Gasteiger partial charge in [-0.25, -0.2) is 4.79 Å². The Labute approximate surface area is 176 Å². The molecule has 0 fully saturated rings. The SMILES string of the molecule is COc1cc(/C=C/C(=O)OCC(=O)N(C)Cc2ccc(C)cc2)ccc1OCC#N. The number of ether oxygens (including phenoxy) is 3. The third-order valence-electron chi connectivity index (χ3n) is 4.20. The minimum absolute atomic E-state index is 0.0930. The Balaban J connectivity index is 1.86. The lowest BCUT2D eigenvalue weighted by atomic mass is 10.1. The molecule has 0 spiro atoms. The molecule has 0 radical (unpaired) electrons. The van der Waals surface area contributed by atoms with Gasteiger partial charge < -0.3 is 19.1 Å². The number of nitriles is 1. The normalized spacial score (nSPS) is 10.3. The summed E-state index contributed by atoms with van der Waals surface area (Å²) in [7, 11) is 3.14. The zero-order valence-electron chi connectivity index (χ0n) is 17.3. The number of likely N-dealkylation sites (N-methyl/N-ethyl adjacent to an activating group) is 1. The van der Waals surface area contributed by atoms with Crippen LogP contribution in [0, 0.1) is 18.3 Å². The number of hydrogen-bond acceptors (Lipinski definition) is 6. The zero-order valence-corrected chi connectivity index (χ0v) is 17.3. The van der Waals surface area contributed by atoms with E-state index in [4.69, 9.17) is 19.5 Å². The van der Waals surface area contributed by atoms with Crippen LogP contribution in [0.2, 0.25) is 0 Å². The lowest BCUT2D eigenvalue weighted by Gasteiger charge is -2.17. The third-order valence-corrected chi connectivity index (χ3v) is 4.20. The summed E-state index contributed by atoms with van der Waals surface area (Å²) in [6.45, 7) is 2.01. The van der Waals surface area contributed by atoms with E-state index < -0.39 is 5.97 Å². The molecule has 156 valence electrons. The quantitative estimate of drug-likeness (QED) is 0.468. The van der Waals surface area contributed by atoms with E-state index in [1.54, 1.807) is 31.3 Å². The molecule has 0 heterocycles. The van der Waals surface area contributed by atoms with Gasteiger partial charge in [-0.15, -0.1) is 0 Å². The molecule has 0 unspecified atom stereocenters. The van der Waals surface area contributed by atoms with Gasteiger partial charge in [-0.05, 0) is 36.3 Å². The lowest BCUT2D eigenvalue weighted by molar-refractivity contribution is -0.147. The first kappa shape index (κ1) is 22.5. The molecule has 0 bridgehead atoms. The Hall–Kier alpha value is -3.79. The largest absolute Gasteiger partial charge is 0.493 e. The average molecular weight is 408 g/mol. The van der Waals surface area contributed by atoms with Crippen LogP contribution in [-0.4, -0.2) is 44.1 Å². The van der Waals surface area contributed by atoms with E-state index in [0.717, 1.165) is 11.1 Å². The van der Waals surface area contributed by atoms with Crippen molar-refractivity contribution < 1.29 is 23.8 Å². The van der Waals surface area contributed by atoms with Crippen LogP contribution in [0.1, 0.15) is 16.7 Å². The van der Waals surface area contributed by atoms with Gasteiger partial charge in [0.2, 0.25) is 0 Å². The Bertz CT molecular complexity index is 945. The predicted octanol–water partition coefficient (Wildman–Crippen LogP) is 3.12. The molecule has 0 aliphatic heterocycles. The first-order valence-corrected chi connectivity index (χ1v) is 9.25. The fourth-order valence-electron chi connectivity index (χ4n) is 2.53. The summed E-state index contributed by atoms with van der Waals surface area (Å²) in [6.07, 6.45) is 2.78. The van der Waals surface area contributed by atoms with Crippen LogP contribution >= 0.6 is 0 Å². The number of esters is 1. The summed E-state index contributed by atoms with van der Waals surface area (Å²) in [5, 5.41) is 8.59. The van der Waals surface area contributed by atoms with Crippen LogP contribution in [0.5, 0.6) is 11.5 Å². The second-order valence-electron chi connectivity index (χ2n) is 6.53. The van der Waals surface area contributed by atoms with E-state index in [-0.39, 0.29) is 19.1 Å². The van der Waals surface area contributed by atoms with Gasteiger partial charge in [0.1, 0.15) is 6.07 Å². The number of hydrogen-bond donors (Lipinski definition) is 0. The lowest BCUT2D eigenvalue weighted by Crippen LogP contribution is -2.30. The van der Waals surface area contributed by atoms with E-state index in [2.05, 4.69) is 0 Å². The number of rotatable bonds is 9. The van der Waals surface area contributed by atoms with Crippen LogP contribution < -0.4 is 9.47 Å². The molecule has 7 nitrogen and oxygen atoms in total. The summed E-state index contributed by atoms with van der Waals surface area (Å²) in [5.41, 5.74) is 2.82. The summed E-state index contributed by atoms with van der Waals surface area (Å²) in [5.74, 6) is -0.0523. The number of benzene rings is 2. The van der Waals surface area contributed by atoms with Gasteiger partial charge >= 0.3 is 5.97 Å². The van der Waals surface area contributed by atoms with Gasteiger partial charge in [0.15, 0.2) is 24.7 Å². The van der Waals surface area contributed by atoms with Crippen molar-refractivity contribution in [1.29, 1.82) is 5.26 Å². The molecule has 2 aromatic carbocycles. The van der Waals surface area contributed by atoms with Crippen molar-refractivity contribution in [3.05, 3.63) is 65.2 Å². The van der Waals surface area contributed by atoms with Crippen LogP contribution in [0.4, 0.5) is 0 Å². The Kier molecular flexibility index (Phi) is 8.45. The highest BCUT2D eigenvalue weighted by atomic mass is 16.5. The van der Waals surface area contributed by atoms with Crippen LogP contribution in [0.15, 0.2) is 48.5 Å². The van der Waals surface area contributed by atoms with Crippen molar-refractivity contribution in [3.8, 4) is 17.6 Å². The van der Waals surface area contributed by atoms with Gasteiger partial charge in [0.25, 0.3) is 5.91 Å². The standard InChI is InChI=1S/C23H24N2O5/c1-17-4-6-19(7-5-17)15-25(2)22(26)16-30-23(27)11-9-18-8-10-20(29-13-12-24)21(14-18)28-3/h4-11,14H,13,15-16H2,1-3H3/b11-9+. The molecule has 7 heteroatoms. The fraction of sp³-hybridized carbons (Fsp3) is 0.261. The second kappa shape index (κ2) is 11.3.